The Morgan fingerprint density at radius 2 is 2.00 bits per heavy atom. The van der Waals surface area contributed by atoms with E-state index in [1.807, 2.05) is 47.4 Å². The van der Waals surface area contributed by atoms with Crippen LogP contribution in [0.5, 0.6) is 5.88 Å². The van der Waals surface area contributed by atoms with E-state index in [9.17, 15) is 4.79 Å². The molecule has 120 valence electrons. The number of rotatable bonds is 3. The average Bonchev–Trinajstić information content (AvgIpc) is 3.10. The normalized spacial score (nSPS) is 17.2. The zero-order valence-electron chi connectivity index (χ0n) is 13.1. The van der Waals surface area contributed by atoms with Crippen molar-refractivity contribution in [3.63, 3.8) is 0 Å². The van der Waals surface area contributed by atoms with Crippen molar-refractivity contribution in [1.82, 2.24) is 14.9 Å². The van der Waals surface area contributed by atoms with Gasteiger partial charge in [-0.3, -0.25) is 4.79 Å². The number of fused-ring (bicyclic) bond motifs is 1. The Morgan fingerprint density at radius 3 is 2.88 bits per heavy atom. The Bertz CT molecular complexity index is 861. The van der Waals surface area contributed by atoms with E-state index in [4.69, 9.17) is 4.74 Å². The van der Waals surface area contributed by atoms with Gasteiger partial charge >= 0.3 is 0 Å². The van der Waals surface area contributed by atoms with Gasteiger partial charge in [-0.05, 0) is 16.8 Å². The van der Waals surface area contributed by atoms with Gasteiger partial charge in [0.1, 0.15) is 12.4 Å². The van der Waals surface area contributed by atoms with Crippen molar-refractivity contribution in [3.05, 3.63) is 66.6 Å². The monoisotopic (exact) mass is 319 g/mol. The summed E-state index contributed by atoms with van der Waals surface area (Å²) in [6, 6.07) is 15.5. The van der Waals surface area contributed by atoms with E-state index < -0.39 is 0 Å². The molecule has 0 N–H and O–H groups in total. The standard InChI is InChI=1S/C19H17N3O2/c23-19(17-7-3-5-14-4-1-2-6-16(14)17)22-11-9-15(12-22)24-18-8-10-20-13-21-18/h1-8,10,13,15H,9,11-12H2. The number of nitrogens with zero attached hydrogens (tertiary/aromatic N) is 3. The highest BCUT2D eigenvalue weighted by atomic mass is 16.5. The lowest BCUT2D eigenvalue weighted by molar-refractivity contribution is 0.0773. The summed E-state index contributed by atoms with van der Waals surface area (Å²) >= 11 is 0. The summed E-state index contributed by atoms with van der Waals surface area (Å²) in [5.74, 6) is 0.607. The van der Waals surface area contributed by atoms with E-state index in [2.05, 4.69) is 9.97 Å². The Morgan fingerprint density at radius 1 is 1.12 bits per heavy atom. The molecule has 0 saturated carbocycles. The summed E-state index contributed by atoms with van der Waals surface area (Å²) in [7, 11) is 0. The molecule has 1 aliphatic rings. The van der Waals surface area contributed by atoms with E-state index in [0.717, 1.165) is 22.8 Å². The molecule has 1 fully saturated rings. The van der Waals surface area contributed by atoms with Gasteiger partial charge in [-0.15, -0.1) is 0 Å². The van der Waals surface area contributed by atoms with Crippen LogP contribution < -0.4 is 4.74 Å². The Balaban J connectivity index is 1.51. The summed E-state index contributed by atoms with van der Waals surface area (Å²) in [4.78, 5) is 22.7. The van der Waals surface area contributed by atoms with Crippen LogP contribution in [0.3, 0.4) is 0 Å². The van der Waals surface area contributed by atoms with E-state index in [1.54, 1.807) is 12.3 Å². The number of benzene rings is 2. The van der Waals surface area contributed by atoms with Gasteiger partial charge in [-0.1, -0.05) is 36.4 Å². The molecular weight excluding hydrogens is 302 g/mol. The quantitative estimate of drug-likeness (QED) is 0.745. The molecule has 1 unspecified atom stereocenters. The summed E-state index contributed by atoms with van der Waals surface area (Å²) < 4.78 is 5.83. The van der Waals surface area contributed by atoms with Crippen LogP contribution in [0.1, 0.15) is 16.8 Å². The maximum atomic E-state index is 12.9. The van der Waals surface area contributed by atoms with Crippen molar-refractivity contribution in [1.29, 1.82) is 0 Å². The third-order valence-corrected chi connectivity index (χ3v) is 4.29. The van der Waals surface area contributed by atoms with Crippen LogP contribution in [-0.2, 0) is 0 Å². The van der Waals surface area contributed by atoms with Crippen LogP contribution in [0.15, 0.2) is 61.1 Å². The van der Waals surface area contributed by atoms with Crippen LogP contribution in [-0.4, -0.2) is 40.0 Å². The van der Waals surface area contributed by atoms with Gasteiger partial charge in [0.25, 0.3) is 5.91 Å². The first-order chi connectivity index (χ1) is 11.8. The fraction of sp³-hybridized carbons (Fsp3) is 0.211. The number of carbonyl (C=O) groups excluding carboxylic acids is 1. The van der Waals surface area contributed by atoms with Gasteiger partial charge in [0.05, 0.1) is 6.54 Å². The number of likely N-dealkylation sites (tertiary alicyclic amines) is 1. The minimum atomic E-state index is -0.0289. The molecule has 0 radical (unpaired) electrons. The molecule has 0 bridgehead atoms. The Hall–Kier alpha value is -2.95. The zero-order valence-corrected chi connectivity index (χ0v) is 13.1. The molecule has 1 atom stereocenters. The van der Waals surface area contributed by atoms with E-state index in [1.165, 1.54) is 6.33 Å². The summed E-state index contributed by atoms with van der Waals surface area (Å²) in [6.07, 6.45) is 3.89. The second-order valence-electron chi connectivity index (χ2n) is 5.85. The molecule has 0 spiro atoms. The molecule has 5 nitrogen and oxygen atoms in total. The van der Waals surface area contributed by atoms with E-state index >= 15 is 0 Å². The lowest BCUT2D eigenvalue weighted by Crippen LogP contribution is -2.31. The fourth-order valence-electron chi connectivity index (χ4n) is 3.11. The van der Waals surface area contributed by atoms with Crippen molar-refractivity contribution in [2.24, 2.45) is 0 Å². The summed E-state index contributed by atoms with van der Waals surface area (Å²) in [6.45, 7) is 1.27. The second kappa shape index (κ2) is 6.28. The molecule has 1 amide bonds. The smallest absolute Gasteiger partial charge is 0.254 e. The lowest BCUT2D eigenvalue weighted by atomic mass is 10.0. The molecule has 1 aromatic heterocycles. The maximum absolute atomic E-state index is 12.9. The molecule has 5 heteroatoms. The van der Waals surface area contributed by atoms with Gasteiger partial charge in [0, 0.05) is 30.8 Å². The third-order valence-electron chi connectivity index (χ3n) is 4.29. The highest BCUT2D eigenvalue weighted by molar-refractivity contribution is 6.07. The number of hydrogen-bond acceptors (Lipinski definition) is 4. The number of hydrogen-bond donors (Lipinski definition) is 0. The average molecular weight is 319 g/mol. The number of aromatic nitrogens is 2. The first-order valence-corrected chi connectivity index (χ1v) is 8.01. The molecule has 1 aliphatic heterocycles. The molecule has 4 rings (SSSR count). The van der Waals surface area contributed by atoms with Crippen LogP contribution >= 0.6 is 0 Å². The Kier molecular flexibility index (Phi) is 3.83. The van der Waals surface area contributed by atoms with Crippen LogP contribution in [0.2, 0.25) is 0 Å². The third kappa shape index (κ3) is 2.80. The van der Waals surface area contributed by atoms with Gasteiger partial charge in [-0.25, -0.2) is 9.97 Å². The topological polar surface area (TPSA) is 55.3 Å². The first-order valence-electron chi connectivity index (χ1n) is 8.01. The number of ether oxygens (including phenoxy) is 1. The van der Waals surface area contributed by atoms with E-state index in [0.29, 0.717) is 19.0 Å². The largest absolute Gasteiger partial charge is 0.472 e. The minimum absolute atomic E-state index is 0.0289. The molecule has 2 heterocycles. The first kappa shape index (κ1) is 14.6. The molecular formula is C19H17N3O2. The second-order valence-corrected chi connectivity index (χ2v) is 5.85. The summed E-state index contributed by atoms with van der Waals surface area (Å²) in [5.41, 5.74) is 0.746. The number of amides is 1. The van der Waals surface area contributed by atoms with Gasteiger partial charge in [0.2, 0.25) is 5.88 Å². The minimum Gasteiger partial charge on any atom is -0.472 e. The lowest BCUT2D eigenvalue weighted by Gasteiger charge is -2.18. The van der Waals surface area contributed by atoms with Gasteiger partial charge in [0.15, 0.2) is 0 Å². The van der Waals surface area contributed by atoms with Crippen molar-refractivity contribution < 1.29 is 9.53 Å². The zero-order chi connectivity index (χ0) is 16.4. The van der Waals surface area contributed by atoms with Crippen molar-refractivity contribution in [2.45, 2.75) is 12.5 Å². The molecule has 2 aromatic carbocycles. The Labute approximate surface area is 139 Å². The number of carbonyl (C=O) groups is 1. The predicted molar refractivity (Wildman–Crippen MR) is 90.9 cm³/mol. The predicted octanol–water partition coefficient (Wildman–Crippen LogP) is 2.92. The van der Waals surface area contributed by atoms with Crippen LogP contribution in [0.25, 0.3) is 10.8 Å². The molecule has 24 heavy (non-hydrogen) atoms. The highest BCUT2D eigenvalue weighted by Gasteiger charge is 2.29. The molecule has 1 saturated heterocycles. The van der Waals surface area contributed by atoms with Crippen LogP contribution in [0.4, 0.5) is 0 Å². The van der Waals surface area contributed by atoms with Crippen molar-refractivity contribution in [2.75, 3.05) is 13.1 Å². The SMILES string of the molecule is O=C(c1cccc2ccccc12)N1CCC(Oc2ccncn2)C1. The van der Waals surface area contributed by atoms with Gasteiger partial charge in [-0.2, -0.15) is 0 Å². The van der Waals surface area contributed by atoms with Crippen molar-refractivity contribution in [3.8, 4) is 5.88 Å². The van der Waals surface area contributed by atoms with Gasteiger partial charge < -0.3 is 9.64 Å². The van der Waals surface area contributed by atoms with Crippen LogP contribution in [0, 0.1) is 0 Å². The summed E-state index contributed by atoms with van der Waals surface area (Å²) in [5, 5.41) is 2.07. The van der Waals surface area contributed by atoms with E-state index in [-0.39, 0.29) is 12.0 Å². The fourth-order valence-corrected chi connectivity index (χ4v) is 3.11. The van der Waals surface area contributed by atoms with Crippen molar-refractivity contribution >= 4 is 16.7 Å². The highest BCUT2D eigenvalue weighted by Crippen LogP contribution is 2.23. The maximum Gasteiger partial charge on any atom is 0.254 e. The molecule has 3 aromatic rings. The molecule has 0 aliphatic carbocycles.